The van der Waals surface area contributed by atoms with Gasteiger partial charge in [-0.25, -0.2) is 18.7 Å². The van der Waals surface area contributed by atoms with Crippen molar-refractivity contribution in [3.8, 4) is 22.9 Å². The first-order valence-electron chi connectivity index (χ1n) is 10.4. The van der Waals surface area contributed by atoms with Crippen LogP contribution in [0.2, 0.25) is 0 Å². The van der Waals surface area contributed by atoms with E-state index in [0.717, 1.165) is 16.5 Å². The van der Waals surface area contributed by atoms with Crippen LogP contribution in [0.3, 0.4) is 0 Å². The fraction of sp³-hybridized carbons (Fsp3) is 0.0370. The molecule has 162 valence electrons. The number of benzene rings is 4. The second-order valence-corrected chi connectivity index (χ2v) is 7.43. The lowest BCUT2D eigenvalue weighted by Gasteiger charge is -2.12. The molecule has 1 heterocycles. The molecule has 1 aromatic heterocycles. The molecule has 5 aromatic rings. The number of hydrogen-bond donors (Lipinski definition) is 1. The van der Waals surface area contributed by atoms with Gasteiger partial charge in [0.25, 0.3) is 0 Å². The lowest BCUT2D eigenvalue weighted by molar-refractivity contribution is 0.414. The van der Waals surface area contributed by atoms with E-state index in [0.29, 0.717) is 23.8 Å². The van der Waals surface area contributed by atoms with Crippen LogP contribution >= 0.6 is 0 Å². The number of para-hydroxylation sites is 2. The zero-order valence-corrected chi connectivity index (χ0v) is 17.5. The van der Waals surface area contributed by atoms with Crippen molar-refractivity contribution in [2.24, 2.45) is 0 Å². The maximum atomic E-state index is 14.6. The van der Waals surface area contributed by atoms with Crippen molar-refractivity contribution in [3.05, 3.63) is 114 Å². The highest BCUT2D eigenvalue weighted by atomic mass is 19.1. The summed E-state index contributed by atoms with van der Waals surface area (Å²) in [5, 5.41) is 4.17. The topological polar surface area (TPSA) is 47.0 Å². The third-order valence-corrected chi connectivity index (χ3v) is 5.15. The summed E-state index contributed by atoms with van der Waals surface area (Å²) in [6.07, 6.45) is 0. The van der Waals surface area contributed by atoms with Gasteiger partial charge in [0.2, 0.25) is 0 Å². The highest BCUT2D eigenvalue weighted by molar-refractivity contribution is 5.90. The Kier molecular flexibility index (Phi) is 5.64. The van der Waals surface area contributed by atoms with Crippen LogP contribution in [0.1, 0.15) is 5.56 Å². The van der Waals surface area contributed by atoms with E-state index in [4.69, 9.17) is 9.72 Å². The van der Waals surface area contributed by atoms with Crippen LogP contribution in [0.4, 0.5) is 14.6 Å². The number of halogens is 2. The van der Waals surface area contributed by atoms with Crippen molar-refractivity contribution < 1.29 is 13.5 Å². The van der Waals surface area contributed by atoms with Crippen LogP contribution in [-0.2, 0) is 6.54 Å². The van der Waals surface area contributed by atoms with E-state index >= 15 is 0 Å². The predicted molar refractivity (Wildman–Crippen MR) is 125 cm³/mol. The van der Waals surface area contributed by atoms with Gasteiger partial charge in [-0.05, 0) is 42.0 Å². The summed E-state index contributed by atoms with van der Waals surface area (Å²) < 4.78 is 33.8. The Balaban J connectivity index is 1.39. The van der Waals surface area contributed by atoms with E-state index < -0.39 is 11.6 Å². The molecule has 4 nitrogen and oxygen atoms in total. The van der Waals surface area contributed by atoms with E-state index in [9.17, 15) is 8.78 Å². The SMILES string of the molecule is Fc1ccccc1Oc1ccc(CNc2nc(-c3ccccc3)nc3ccccc23)cc1F. The fourth-order valence-corrected chi connectivity index (χ4v) is 3.50. The molecule has 0 fully saturated rings. The van der Waals surface area contributed by atoms with Crippen molar-refractivity contribution in [1.82, 2.24) is 9.97 Å². The molecule has 4 aromatic carbocycles. The minimum Gasteiger partial charge on any atom is -0.451 e. The van der Waals surface area contributed by atoms with Crippen LogP contribution in [-0.4, -0.2) is 9.97 Å². The molecule has 0 aliphatic carbocycles. The van der Waals surface area contributed by atoms with Gasteiger partial charge in [0.05, 0.1) is 5.52 Å². The first kappa shape index (κ1) is 20.6. The number of ether oxygens (including phenoxy) is 1. The second kappa shape index (κ2) is 9.04. The van der Waals surface area contributed by atoms with Crippen molar-refractivity contribution in [3.63, 3.8) is 0 Å². The van der Waals surface area contributed by atoms with Gasteiger partial charge in [0.1, 0.15) is 5.82 Å². The summed E-state index contributed by atoms with van der Waals surface area (Å²) in [6, 6.07) is 27.9. The number of nitrogens with one attached hydrogen (secondary N) is 1. The number of hydrogen-bond acceptors (Lipinski definition) is 4. The third-order valence-electron chi connectivity index (χ3n) is 5.15. The Hall–Kier alpha value is -4.32. The lowest BCUT2D eigenvalue weighted by atomic mass is 10.1. The third kappa shape index (κ3) is 4.50. The van der Waals surface area contributed by atoms with E-state index in [2.05, 4.69) is 10.3 Å². The molecule has 0 amide bonds. The molecule has 0 bridgehead atoms. The molecule has 5 rings (SSSR count). The molecule has 0 aliphatic rings. The van der Waals surface area contributed by atoms with Gasteiger partial charge in [-0.2, -0.15) is 0 Å². The Bertz CT molecular complexity index is 1420. The summed E-state index contributed by atoms with van der Waals surface area (Å²) in [5.41, 5.74) is 2.41. The quantitative estimate of drug-likeness (QED) is 0.310. The minimum absolute atomic E-state index is 0.0248. The van der Waals surface area contributed by atoms with E-state index in [-0.39, 0.29) is 11.5 Å². The summed E-state index contributed by atoms with van der Waals surface area (Å²) in [6.45, 7) is 0.339. The van der Waals surface area contributed by atoms with Crippen LogP contribution in [0.5, 0.6) is 11.5 Å². The normalized spacial score (nSPS) is 10.8. The second-order valence-electron chi connectivity index (χ2n) is 7.43. The Morgan fingerprint density at radius 1 is 0.697 bits per heavy atom. The molecule has 0 atom stereocenters. The number of aromatic nitrogens is 2. The number of fused-ring (bicyclic) bond motifs is 1. The van der Waals surface area contributed by atoms with Crippen LogP contribution in [0, 0.1) is 11.6 Å². The maximum absolute atomic E-state index is 14.6. The molecule has 0 unspecified atom stereocenters. The molecule has 33 heavy (non-hydrogen) atoms. The van der Waals surface area contributed by atoms with Crippen molar-refractivity contribution >= 4 is 16.7 Å². The molecule has 6 heteroatoms. The highest BCUT2D eigenvalue weighted by Gasteiger charge is 2.11. The summed E-state index contributed by atoms with van der Waals surface area (Å²) >= 11 is 0. The molecule has 0 saturated carbocycles. The first-order chi connectivity index (χ1) is 16.2. The van der Waals surface area contributed by atoms with E-state index in [1.165, 1.54) is 24.3 Å². The molecular formula is C27H19F2N3O. The first-order valence-corrected chi connectivity index (χ1v) is 10.4. The van der Waals surface area contributed by atoms with E-state index in [1.54, 1.807) is 18.2 Å². The van der Waals surface area contributed by atoms with Gasteiger partial charge in [-0.3, -0.25) is 0 Å². The largest absolute Gasteiger partial charge is 0.451 e. The number of anilines is 1. The molecule has 0 saturated heterocycles. The average Bonchev–Trinajstić information content (AvgIpc) is 2.85. The van der Waals surface area contributed by atoms with Crippen LogP contribution in [0.15, 0.2) is 97.1 Å². The van der Waals surface area contributed by atoms with Gasteiger partial charge < -0.3 is 10.1 Å². The fourth-order valence-electron chi connectivity index (χ4n) is 3.50. The van der Waals surface area contributed by atoms with Crippen molar-refractivity contribution in [1.29, 1.82) is 0 Å². The monoisotopic (exact) mass is 439 g/mol. The molecular weight excluding hydrogens is 420 g/mol. The Morgan fingerprint density at radius 3 is 2.24 bits per heavy atom. The van der Waals surface area contributed by atoms with Crippen LogP contribution in [0.25, 0.3) is 22.3 Å². The molecule has 0 spiro atoms. The summed E-state index contributed by atoms with van der Waals surface area (Å²) in [4.78, 5) is 9.38. The van der Waals surface area contributed by atoms with Gasteiger partial charge in [-0.15, -0.1) is 0 Å². The van der Waals surface area contributed by atoms with Gasteiger partial charge in [0.15, 0.2) is 29.0 Å². The Labute approximate surface area is 189 Å². The summed E-state index contributed by atoms with van der Waals surface area (Å²) in [7, 11) is 0. The highest BCUT2D eigenvalue weighted by Crippen LogP contribution is 2.28. The number of nitrogens with zero attached hydrogens (tertiary/aromatic N) is 2. The minimum atomic E-state index is -0.574. The van der Waals surface area contributed by atoms with Crippen LogP contribution < -0.4 is 10.1 Å². The molecule has 0 aliphatic heterocycles. The van der Waals surface area contributed by atoms with Crippen molar-refractivity contribution in [2.75, 3.05) is 5.32 Å². The summed E-state index contributed by atoms with van der Waals surface area (Å²) in [5.74, 6) is 0.0802. The van der Waals surface area contributed by atoms with Gasteiger partial charge >= 0.3 is 0 Å². The predicted octanol–water partition coefficient (Wildman–Crippen LogP) is 6.98. The van der Waals surface area contributed by atoms with Gasteiger partial charge in [0, 0.05) is 17.5 Å². The van der Waals surface area contributed by atoms with Crippen molar-refractivity contribution in [2.45, 2.75) is 6.54 Å². The maximum Gasteiger partial charge on any atom is 0.166 e. The zero-order valence-electron chi connectivity index (χ0n) is 17.5. The number of rotatable bonds is 6. The molecule has 1 N–H and O–H groups in total. The Morgan fingerprint density at radius 2 is 1.42 bits per heavy atom. The smallest absolute Gasteiger partial charge is 0.166 e. The standard InChI is InChI=1S/C27H19F2N3O/c28-21-11-5-7-13-24(21)33-25-15-14-18(16-22(25)29)17-30-27-20-10-4-6-12-23(20)31-26(32-27)19-8-2-1-3-9-19/h1-16H,17H2,(H,30,31,32). The zero-order chi connectivity index (χ0) is 22.6. The molecule has 0 radical (unpaired) electrons. The van der Waals surface area contributed by atoms with E-state index in [1.807, 2.05) is 54.6 Å². The lowest BCUT2D eigenvalue weighted by Crippen LogP contribution is -2.05. The average molecular weight is 439 g/mol. The van der Waals surface area contributed by atoms with Gasteiger partial charge in [-0.1, -0.05) is 60.7 Å².